The van der Waals surface area contributed by atoms with Crippen LogP contribution < -0.4 is 4.90 Å². The van der Waals surface area contributed by atoms with Crippen molar-refractivity contribution in [1.82, 2.24) is 9.80 Å². The van der Waals surface area contributed by atoms with E-state index in [0.717, 1.165) is 43.3 Å². The molecule has 2 fully saturated rings. The molecular formula is C20H28ClN3O. The molecule has 2 saturated heterocycles. The monoisotopic (exact) mass is 361 g/mol. The maximum atomic E-state index is 13.0. The Morgan fingerprint density at radius 1 is 1.16 bits per heavy atom. The summed E-state index contributed by atoms with van der Waals surface area (Å²) in [6, 6.07) is 6.50. The van der Waals surface area contributed by atoms with E-state index >= 15 is 0 Å². The van der Waals surface area contributed by atoms with Gasteiger partial charge in [-0.3, -0.25) is 9.69 Å². The summed E-state index contributed by atoms with van der Waals surface area (Å²) in [5.74, 6) is 0.275. The molecule has 0 N–H and O–H groups in total. The molecule has 4 nitrogen and oxygen atoms in total. The lowest BCUT2D eigenvalue weighted by atomic mass is 10.1. The molecule has 136 valence electrons. The van der Waals surface area contributed by atoms with Crippen LogP contribution in [0.25, 0.3) is 0 Å². The second-order valence-electron chi connectivity index (χ2n) is 7.70. The van der Waals surface area contributed by atoms with E-state index in [2.05, 4.69) is 9.80 Å². The summed E-state index contributed by atoms with van der Waals surface area (Å²) >= 11 is 6.23. The van der Waals surface area contributed by atoms with Crippen molar-refractivity contribution in [3.8, 4) is 0 Å². The van der Waals surface area contributed by atoms with Crippen LogP contribution in [0.15, 0.2) is 18.2 Å². The molecule has 4 rings (SSSR count). The number of rotatable bonds is 4. The first-order valence-electron chi connectivity index (χ1n) is 9.76. The Labute approximate surface area is 155 Å². The largest absolute Gasteiger partial charge is 0.311 e. The number of anilines is 1. The second kappa shape index (κ2) is 7.65. The number of carbonyl (C=O) groups excluding carboxylic acids is 1. The topological polar surface area (TPSA) is 26.8 Å². The van der Waals surface area contributed by atoms with Gasteiger partial charge in [0.25, 0.3) is 0 Å². The highest BCUT2D eigenvalue weighted by atomic mass is 35.5. The third kappa shape index (κ3) is 3.86. The molecule has 0 radical (unpaired) electrons. The van der Waals surface area contributed by atoms with Crippen molar-refractivity contribution in [2.24, 2.45) is 0 Å². The van der Waals surface area contributed by atoms with Gasteiger partial charge in [-0.25, -0.2) is 0 Å². The molecule has 3 aliphatic heterocycles. The average molecular weight is 362 g/mol. The van der Waals surface area contributed by atoms with Crippen molar-refractivity contribution >= 4 is 23.2 Å². The fourth-order valence-electron chi connectivity index (χ4n) is 4.61. The summed E-state index contributed by atoms with van der Waals surface area (Å²) in [4.78, 5) is 20.1. The minimum atomic E-state index is 0.275. The quantitative estimate of drug-likeness (QED) is 0.820. The minimum Gasteiger partial charge on any atom is -0.311 e. The molecule has 0 aromatic heterocycles. The number of nitrogens with zero attached hydrogens (tertiary/aromatic N) is 3. The van der Waals surface area contributed by atoms with E-state index < -0.39 is 0 Å². The van der Waals surface area contributed by atoms with Gasteiger partial charge in [0.15, 0.2) is 0 Å². The first-order chi connectivity index (χ1) is 12.2. The molecule has 1 aromatic carbocycles. The van der Waals surface area contributed by atoms with Gasteiger partial charge >= 0.3 is 0 Å². The Morgan fingerprint density at radius 2 is 2.00 bits per heavy atom. The Morgan fingerprint density at radius 3 is 2.84 bits per heavy atom. The molecule has 0 spiro atoms. The van der Waals surface area contributed by atoms with E-state index in [1.165, 1.54) is 44.3 Å². The van der Waals surface area contributed by atoms with Crippen molar-refractivity contribution in [2.75, 3.05) is 37.6 Å². The number of fused-ring (bicyclic) bond motifs is 2. The van der Waals surface area contributed by atoms with Crippen LogP contribution in [0, 0.1) is 0 Å². The lowest BCUT2D eigenvalue weighted by Crippen LogP contribution is -2.40. The molecule has 0 aliphatic carbocycles. The molecule has 0 saturated carbocycles. The van der Waals surface area contributed by atoms with Crippen LogP contribution in [0.1, 0.15) is 44.1 Å². The smallest absolute Gasteiger partial charge is 0.227 e. The number of carbonyl (C=O) groups is 1. The van der Waals surface area contributed by atoms with Crippen LogP contribution >= 0.6 is 11.6 Å². The molecule has 1 unspecified atom stereocenters. The summed E-state index contributed by atoms with van der Waals surface area (Å²) in [5.41, 5.74) is 2.27. The summed E-state index contributed by atoms with van der Waals surface area (Å²) in [6.07, 6.45) is 6.66. The molecule has 3 aliphatic rings. The van der Waals surface area contributed by atoms with Crippen LogP contribution in [0.3, 0.4) is 0 Å². The van der Waals surface area contributed by atoms with Gasteiger partial charge in [0.1, 0.15) is 0 Å². The van der Waals surface area contributed by atoms with E-state index in [-0.39, 0.29) is 5.91 Å². The number of benzene rings is 1. The molecular weight excluding hydrogens is 334 g/mol. The molecule has 1 atom stereocenters. The van der Waals surface area contributed by atoms with Gasteiger partial charge in [-0.1, -0.05) is 11.6 Å². The molecule has 0 bridgehead atoms. The van der Waals surface area contributed by atoms with E-state index in [1.807, 2.05) is 23.1 Å². The van der Waals surface area contributed by atoms with E-state index in [1.54, 1.807) is 0 Å². The average Bonchev–Trinajstić information content (AvgIpc) is 3.23. The maximum absolute atomic E-state index is 13.0. The maximum Gasteiger partial charge on any atom is 0.227 e. The number of hydrogen-bond acceptors (Lipinski definition) is 3. The Bertz CT molecular complexity index is 629. The zero-order valence-corrected chi connectivity index (χ0v) is 15.7. The van der Waals surface area contributed by atoms with Gasteiger partial charge < -0.3 is 9.80 Å². The number of halogens is 1. The summed E-state index contributed by atoms with van der Waals surface area (Å²) in [6.45, 7) is 6.35. The lowest BCUT2D eigenvalue weighted by Gasteiger charge is -2.27. The van der Waals surface area contributed by atoms with Crippen LogP contribution in [0.2, 0.25) is 5.02 Å². The van der Waals surface area contributed by atoms with E-state index in [4.69, 9.17) is 11.6 Å². The van der Waals surface area contributed by atoms with Crippen molar-refractivity contribution in [3.63, 3.8) is 0 Å². The SMILES string of the molecule is O=C(CCCN1CCCC1)N1CC2CCCN2Cc2cc(Cl)ccc21. The van der Waals surface area contributed by atoms with Crippen molar-refractivity contribution < 1.29 is 4.79 Å². The summed E-state index contributed by atoms with van der Waals surface area (Å²) in [5, 5.41) is 0.762. The van der Waals surface area contributed by atoms with Crippen molar-refractivity contribution in [3.05, 3.63) is 28.8 Å². The predicted molar refractivity (Wildman–Crippen MR) is 102 cm³/mol. The zero-order valence-electron chi connectivity index (χ0n) is 14.9. The third-order valence-electron chi connectivity index (χ3n) is 5.96. The van der Waals surface area contributed by atoms with E-state index in [9.17, 15) is 4.79 Å². The van der Waals surface area contributed by atoms with Gasteiger partial charge in [0, 0.05) is 36.3 Å². The lowest BCUT2D eigenvalue weighted by molar-refractivity contribution is -0.118. The van der Waals surface area contributed by atoms with Crippen LogP contribution in [0.5, 0.6) is 0 Å². The number of amides is 1. The first kappa shape index (κ1) is 17.3. The molecule has 25 heavy (non-hydrogen) atoms. The third-order valence-corrected chi connectivity index (χ3v) is 6.20. The second-order valence-corrected chi connectivity index (χ2v) is 8.13. The molecule has 1 amide bonds. The van der Waals surface area contributed by atoms with Crippen LogP contribution in [-0.2, 0) is 11.3 Å². The van der Waals surface area contributed by atoms with Gasteiger partial charge in [-0.2, -0.15) is 0 Å². The van der Waals surface area contributed by atoms with Gasteiger partial charge in [-0.05, 0) is 82.0 Å². The Balaban J connectivity index is 1.47. The normalized spacial score (nSPS) is 24.2. The van der Waals surface area contributed by atoms with Crippen molar-refractivity contribution in [2.45, 2.75) is 51.1 Å². The van der Waals surface area contributed by atoms with Crippen LogP contribution in [0.4, 0.5) is 5.69 Å². The van der Waals surface area contributed by atoms with Gasteiger partial charge in [-0.15, -0.1) is 0 Å². The highest BCUT2D eigenvalue weighted by Crippen LogP contribution is 2.33. The van der Waals surface area contributed by atoms with E-state index in [0.29, 0.717) is 12.5 Å². The molecule has 3 heterocycles. The standard InChI is InChI=1S/C20H28ClN3O/c21-17-7-8-19-16(13-17)14-23-12-3-5-18(23)15-24(19)20(25)6-4-11-22-9-1-2-10-22/h7-8,13,18H,1-6,9-12,14-15H2. The first-order valence-corrected chi connectivity index (χ1v) is 10.1. The molecule has 1 aromatic rings. The summed E-state index contributed by atoms with van der Waals surface area (Å²) < 4.78 is 0. The highest BCUT2D eigenvalue weighted by Gasteiger charge is 2.33. The molecule has 5 heteroatoms. The number of likely N-dealkylation sites (tertiary alicyclic amines) is 1. The predicted octanol–water partition coefficient (Wildman–Crippen LogP) is 3.53. The Hall–Kier alpha value is -1.10. The number of hydrogen-bond donors (Lipinski definition) is 0. The fourth-order valence-corrected chi connectivity index (χ4v) is 4.81. The Kier molecular flexibility index (Phi) is 5.30. The van der Waals surface area contributed by atoms with Crippen molar-refractivity contribution in [1.29, 1.82) is 0 Å². The van der Waals surface area contributed by atoms with Gasteiger partial charge in [0.05, 0.1) is 0 Å². The summed E-state index contributed by atoms with van der Waals surface area (Å²) in [7, 11) is 0. The minimum absolute atomic E-state index is 0.275. The fraction of sp³-hybridized carbons (Fsp3) is 0.650. The highest BCUT2D eigenvalue weighted by molar-refractivity contribution is 6.30. The zero-order chi connectivity index (χ0) is 17.2. The van der Waals surface area contributed by atoms with Crippen LogP contribution in [-0.4, -0.2) is 54.5 Å². The van der Waals surface area contributed by atoms with Gasteiger partial charge in [0.2, 0.25) is 5.91 Å².